The molecule has 0 bridgehead atoms. The van der Waals surface area contributed by atoms with Crippen LogP contribution in [-0.2, 0) is 38.0 Å². The van der Waals surface area contributed by atoms with Crippen LogP contribution in [0.15, 0.2) is 83.1 Å². The van der Waals surface area contributed by atoms with E-state index in [1.165, 1.54) is 26.0 Å². The Hall–Kier alpha value is -3.48. The number of esters is 2. The van der Waals surface area contributed by atoms with Gasteiger partial charge < -0.3 is 84.6 Å². The summed E-state index contributed by atoms with van der Waals surface area (Å²) < 4.78 is 31.6. The average Bonchev–Trinajstić information content (AvgIpc) is 3.18. The lowest BCUT2D eigenvalue weighted by Crippen LogP contribution is -2.61. The number of aliphatic hydroxyl groups is 11. The van der Waals surface area contributed by atoms with E-state index in [-0.39, 0.29) is 11.1 Å². The number of allylic oxidation sites excluding steroid dienone is 12. The Labute approximate surface area is 328 Å². The van der Waals surface area contributed by atoms with Gasteiger partial charge in [-0.1, -0.05) is 71.9 Å². The number of carbonyl (C=O) groups is 2. The maximum Gasteiger partial charge on any atom is 0.336 e. The van der Waals surface area contributed by atoms with Gasteiger partial charge in [-0.25, -0.2) is 9.59 Å². The number of carbonyl (C=O) groups excluding carboxylic acids is 2. The van der Waals surface area contributed by atoms with E-state index < -0.39 is 124 Å². The molecule has 3 heterocycles. The Bertz CT molecular complexity index is 1550. The molecule has 57 heavy (non-hydrogen) atoms. The highest BCUT2D eigenvalue weighted by atomic mass is 16.7. The van der Waals surface area contributed by atoms with E-state index in [1.54, 1.807) is 55.5 Å². The molecule has 320 valence electrons. The van der Waals surface area contributed by atoms with Crippen LogP contribution < -0.4 is 0 Å². The normalized spacial score (nSPS) is 37.6. The van der Waals surface area contributed by atoms with Crippen LogP contribution in [0.3, 0.4) is 0 Å². The molecule has 3 fully saturated rings. The van der Waals surface area contributed by atoms with E-state index in [4.69, 9.17) is 28.4 Å². The van der Waals surface area contributed by atoms with Gasteiger partial charge in [0.05, 0.1) is 19.8 Å². The third kappa shape index (κ3) is 13.3. The topological polar surface area (TPSA) is 312 Å². The summed E-state index contributed by atoms with van der Waals surface area (Å²) in [5.74, 6) is -1.75. The van der Waals surface area contributed by atoms with Crippen molar-refractivity contribution in [1.29, 1.82) is 0 Å². The van der Waals surface area contributed by atoms with E-state index in [1.807, 2.05) is 6.92 Å². The maximum atomic E-state index is 12.7. The number of rotatable bonds is 15. The Balaban J connectivity index is 1.48. The van der Waals surface area contributed by atoms with Crippen molar-refractivity contribution in [1.82, 2.24) is 0 Å². The Kier molecular flexibility index (Phi) is 19.0. The summed E-state index contributed by atoms with van der Waals surface area (Å²) in [6.45, 7) is 4.59. The van der Waals surface area contributed by atoms with Gasteiger partial charge >= 0.3 is 11.9 Å². The number of aliphatic hydroxyl groups excluding tert-OH is 11. The summed E-state index contributed by atoms with van der Waals surface area (Å²) in [7, 11) is 0. The molecular formula is C38H54O19. The van der Waals surface area contributed by atoms with Gasteiger partial charge in [0.15, 0.2) is 6.29 Å². The number of ether oxygens (including phenoxy) is 6. The van der Waals surface area contributed by atoms with Crippen molar-refractivity contribution in [3.05, 3.63) is 83.1 Å². The molecule has 3 aliphatic rings. The largest absolute Gasteiger partial charge is 0.429 e. The van der Waals surface area contributed by atoms with Crippen LogP contribution in [-0.4, -0.2) is 180 Å². The van der Waals surface area contributed by atoms with Crippen LogP contribution in [0.25, 0.3) is 0 Å². The van der Waals surface area contributed by atoms with Gasteiger partial charge in [0.1, 0.15) is 73.2 Å². The van der Waals surface area contributed by atoms with Crippen molar-refractivity contribution in [3.63, 3.8) is 0 Å². The van der Waals surface area contributed by atoms with Gasteiger partial charge in [0.2, 0.25) is 12.6 Å². The lowest BCUT2D eigenvalue weighted by Gasteiger charge is -2.42. The van der Waals surface area contributed by atoms with Crippen LogP contribution in [0.2, 0.25) is 0 Å². The molecule has 0 saturated carbocycles. The summed E-state index contributed by atoms with van der Waals surface area (Å²) in [5.41, 5.74) is 1.86. The number of hydrogen-bond donors (Lipinski definition) is 11. The van der Waals surface area contributed by atoms with Crippen molar-refractivity contribution in [3.8, 4) is 0 Å². The Morgan fingerprint density at radius 1 is 0.474 bits per heavy atom. The minimum absolute atomic E-state index is 0.0944. The predicted molar refractivity (Wildman–Crippen MR) is 195 cm³/mol. The van der Waals surface area contributed by atoms with E-state index in [0.717, 1.165) is 11.1 Å². The molecule has 19 heteroatoms. The molecule has 19 nitrogen and oxygen atoms in total. The van der Waals surface area contributed by atoms with E-state index in [2.05, 4.69) is 0 Å². The molecule has 0 aliphatic carbocycles. The van der Waals surface area contributed by atoms with Crippen LogP contribution in [0, 0.1) is 0 Å². The highest BCUT2D eigenvalue weighted by Crippen LogP contribution is 2.27. The van der Waals surface area contributed by atoms with Gasteiger partial charge in [0.25, 0.3) is 0 Å². The molecule has 0 aromatic rings. The molecule has 3 aliphatic heterocycles. The first-order valence-electron chi connectivity index (χ1n) is 18.0. The fourth-order valence-electron chi connectivity index (χ4n) is 5.46. The Morgan fingerprint density at radius 2 is 0.825 bits per heavy atom. The summed E-state index contributed by atoms with van der Waals surface area (Å²) in [6.07, 6.45) is -7.55. The molecule has 0 spiro atoms. The molecule has 0 amide bonds. The molecule has 3 rings (SSSR count). The monoisotopic (exact) mass is 814 g/mol. The van der Waals surface area contributed by atoms with E-state index >= 15 is 0 Å². The molecule has 0 unspecified atom stereocenters. The first kappa shape index (κ1) is 47.9. The van der Waals surface area contributed by atoms with Crippen LogP contribution >= 0.6 is 0 Å². The van der Waals surface area contributed by atoms with Crippen LogP contribution in [0.5, 0.6) is 0 Å². The zero-order chi connectivity index (χ0) is 42.6. The summed E-state index contributed by atoms with van der Waals surface area (Å²) in [5, 5.41) is 110. The summed E-state index contributed by atoms with van der Waals surface area (Å²) in [4.78, 5) is 25.2. The van der Waals surface area contributed by atoms with Crippen LogP contribution in [0.4, 0.5) is 0 Å². The third-order valence-electron chi connectivity index (χ3n) is 9.12. The maximum absolute atomic E-state index is 12.7. The number of hydrogen-bond acceptors (Lipinski definition) is 19. The second kappa shape index (κ2) is 22.6. The van der Waals surface area contributed by atoms with Gasteiger partial charge in [-0.05, 0) is 27.7 Å². The quantitative estimate of drug-likeness (QED) is 0.0445. The molecule has 0 radical (unpaired) electrons. The fraction of sp³-hybridized carbons (Fsp3) is 0.579. The van der Waals surface area contributed by atoms with Crippen molar-refractivity contribution < 1.29 is 94.2 Å². The highest BCUT2D eigenvalue weighted by Gasteiger charge is 2.48. The highest BCUT2D eigenvalue weighted by molar-refractivity contribution is 5.88. The summed E-state index contributed by atoms with van der Waals surface area (Å²) >= 11 is 0. The minimum atomic E-state index is -1.83. The second-order valence-corrected chi connectivity index (χ2v) is 13.7. The predicted octanol–water partition coefficient (Wildman–Crippen LogP) is -3.05. The van der Waals surface area contributed by atoms with Gasteiger partial charge in [-0.2, -0.15) is 0 Å². The molecule has 0 aromatic carbocycles. The van der Waals surface area contributed by atoms with Gasteiger partial charge in [0, 0.05) is 11.1 Å². The zero-order valence-electron chi connectivity index (χ0n) is 31.7. The molecule has 3 saturated heterocycles. The average molecular weight is 815 g/mol. The van der Waals surface area contributed by atoms with E-state index in [9.17, 15) is 65.8 Å². The Morgan fingerprint density at radius 3 is 1.23 bits per heavy atom. The molecule has 11 N–H and O–H groups in total. The van der Waals surface area contributed by atoms with Gasteiger partial charge in [-0.3, -0.25) is 0 Å². The minimum Gasteiger partial charge on any atom is -0.429 e. The van der Waals surface area contributed by atoms with Crippen molar-refractivity contribution in [2.75, 3.05) is 19.8 Å². The van der Waals surface area contributed by atoms with Crippen molar-refractivity contribution in [2.45, 2.75) is 120 Å². The third-order valence-corrected chi connectivity index (χ3v) is 9.12. The first-order valence-corrected chi connectivity index (χ1v) is 18.0. The van der Waals surface area contributed by atoms with Gasteiger partial charge in [-0.15, -0.1) is 0 Å². The van der Waals surface area contributed by atoms with Crippen molar-refractivity contribution >= 4 is 11.9 Å². The lowest BCUT2D eigenvalue weighted by molar-refractivity contribution is -0.326. The molecule has 15 atom stereocenters. The van der Waals surface area contributed by atoms with Crippen LogP contribution in [0.1, 0.15) is 27.7 Å². The SMILES string of the molecule is CC(/C=C/C=C(\C)C(=O)O[C@@H]1O[C@H](CO)[C@H](O)[C@H](O)[C@@H]1O)=C\C=C\C=C(C)\C=C\C=C(/C)C(=O)O[C@H]1O[C@@H](CO[C@@H]2O[C@H](CO)[C@@H](O)[C@H](O)[C@H]2O)[C@H](O)[C@@H](O)[C@H]1O. The standard InChI is InChI=1S/C38H54O19/c1-18(11-7-13-20(3)34(50)56-37-32(48)29(45)26(42)23(16-40)54-37)9-5-6-10-19(2)12-8-14-21(4)35(51)57-38-33(49)30(46)27(43)24(55-38)17-52-36-31(47)28(44)25(41)22(15-39)53-36/h5-14,22-33,36-49H,15-17H2,1-4H3/b6-5+,11-7+,12-8+,18-9+,19-10+,20-13+,21-14+/t22-,23-,24+,25-,26+,27+,28+,29+,30-,31-,32+,33-,36-,37+,38-/m1/s1. The molecular weight excluding hydrogens is 760 g/mol. The fourth-order valence-corrected chi connectivity index (χ4v) is 5.46. The van der Waals surface area contributed by atoms with Crippen molar-refractivity contribution in [2.24, 2.45) is 0 Å². The second-order valence-electron chi connectivity index (χ2n) is 13.7. The zero-order valence-corrected chi connectivity index (χ0v) is 31.7. The molecule has 0 aromatic heterocycles. The smallest absolute Gasteiger partial charge is 0.336 e. The lowest BCUT2D eigenvalue weighted by atomic mass is 9.98. The summed E-state index contributed by atoms with van der Waals surface area (Å²) in [6, 6.07) is 0. The van der Waals surface area contributed by atoms with E-state index in [0.29, 0.717) is 0 Å². The first-order chi connectivity index (χ1) is 26.9.